The van der Waals surface area contributed by atoms with Crippen LogP contribution in [-0.4, -0.2) is 44.5 Å². The minimum absolute atomic E-state index is 0.0766. The number of piperidine rings is 1. The van der Waals surface area contributed by atoms with Crippen LogP contribution in [-0.2, 0) is 21.2 Å². The molecule has 23 heavy (non-hydrogen) atoms. The number of rotatable bonds is 2. The Hall–Kier alpha value is -1.40. The van der Waals surface area contributed by atoms with Gasteiger partial charge in [-0.05, 0) is 43.7 Å². The Kier molecular flexibility index (Phi) is 4.73. The summed E-state index contributed by atoms with van der Waals surface area (Å²) in [6, 6.07) is 8.08. The van der Waals surface area contributed by atoms with Gasteiger partial charge in [0.05, 0.1) is 12.2 Å². The first kappa shape index (κ1) is 16.5. The highest BCUT2D eigenvalue weighted by atomic mass is 32.2. The Labute approximate surface area is 138 Å². The monoisotopic (exact) mass is 336 g/mol. The fourth-order valence-corrected chi connectivity index (χ4v) is 4.50. The molecule has 1 saturated heterocycles. The van der Waals surface area contributed by atoms with Gasteiger partial charge in [-0.15, -0.1) is 0 Å². The summed E-state index contributed by atoms with van der Waals surface area (Å²) in [5, 5.41) is 0. The van der Waals surface area contributed by atoms with Crippen molar-refractivity contribution in [2.24, 2.45) is 5.92 Å². The van der Waals surface area contributed by atoms with Crippen LogP contribution in [0, 0.1) is 5.92 Å². The third kappa shape index (κ3) is 3.58. The van der Waals surface area contributed by atoms with Crippen LogP contribution in [0.3, 0.4) is 0 Å². The van der Waals surface area contributed by atoms with Crippen LogP contribution in [0.2, 0.25) is 0 Å². The largest absolute Gasteiger partial charge is 0.312 e. The highest BCUT2D eigenvalue weighted by Crippen LogP contribution is 2.29. The molecule has 1 aromatic carbocycles. The molecule has 2 aliphatic rings. The third-order valence-corrected chi connectivity index (χ3v) is 6.10. The van der Waals surface area contributed by atoms with Gasteiger partial charge in [0.1, 0.15) is 0 Å². The first-order valence-corrected chi connectivity index (χ1v) is 10.2. The number of hydrogen-bond acceptors (Lipinski definition) is 3. The molecule has 0 N–H and O–H groups in total. The van der Waals surface area contributed by atoms with Crippen molar-refractivity contribution in [2.75, 3.05) is 30.8 Å². The van der Waals surface area contributed by atoms with Gasteiger partial charge in [-0.25, -0.2) is 12.7 Å². The first-order chi connectivity index (χ1) is 11.0. The van der Waals surface area contributed by atoms with Crippen molar-refractivity contribution in [3.05, 3.63) is 29.8 Å². The van der Waals surface area contributed by atoms with Gasteiger partial charge in [-0.2, -0.15) is 0 Å². The summed E-state index contributed by atoms with van der Waals surface area (Å²) in [5.74, 6) is -0.155. The zero-order valence-corrected chi connectivity index (χ0v) is 14.4. The second kappa shape index (κ2) is 6.61. The van der Waals surface area contributed by atoms with Crippen molar-refractivity contribution < 1.29 is 13.2 Å². The van der Waals surface area contributed by atoms with Crippen molar-refractivity contribution in [3.8, 4) is 0 Å². The Bertz CT molecular complexity index is 687. The molecule has 0 spiro atoms. The molecule has 0 aromatic heterocycles. The number of hydrogen-bond donors (Lipinski definition) is 0. The standard InChI is InChI=1S/C17H24N2O3S/c1-23(21,22)18-11-6-9-15(13-18)17(20)19-12-5-4-8-14-7-2-3-10-16(14)19/h2-3,7,10,15H,4-6,8-9,11-13H2,1H3/t15-/m1/s1. The number of anilines is 1. The van der Waals surface area contributed by atoms with E-state index in [1.807, 2.05) is 23.1 Å². The van der Waals surface area contributed by atoms with Gasteiger partial charge in [-0.1, -0.05) is 18.2 Å². The number of carbonyl (C=O) groups is 1. The molecular formula is C17H24N2O3S. The van der Waals surface area contributed by atoms with Crippen molar-refractivity contribution in [2.45, 2.75) is 32.1 Å². The molecular weight excluding hydrogens is 312 g/mol. The number of fused-ring (bicyclic) bond motifs is 1. The number of nitrogens with zero attached hydrogens (tertiary/aromatic N) is 2. The van der Waals surface area contributed by atoms with Crippen LogP contribution in [0.25, 0.3) is 0 Å². The van der Waals surface area contributed by atoms with Crippen molar-refractivity contribution in [1.29, 1.82) is 0 Å². The van der Waals surface area contributed by atoms with Gasteiger partial charge in [0.25, 0.3) is 0 Å². The summed E-state index contributed by atoms with van der Waals surface area (Å²) in [5.41, 5.74) is 2.22. The second-order valence-electron chi connectivity index (χ2n) is 6.54. The van der Waals surface area contributed by atoms with Crippen molar-refractivity contribution in [3.63, 3.8) is 0 Å². The Balaban J connectivity index is 1.82. The van der Waals surface area contributed by atoms with Crippen LogP contribution in [0.1, 0.15) is 31.2 Å². The first-order valence-electron chi connectivity index (χ1n) is 8.31. The topological polar surface area (TPSA) is 57.7 Å². The maximum absolute atomic E-state index is 13.0. The molecule has 0 saturated carbocycles. The summed E-state index contributed by atoms with van der Waals surface area (Å²) in [6.45, 7) is 1.57. The number of amides is 1. The van der Waals surface area contributed by atoms with Crippen molar-refractivity contribution in [1.82, 2.24) is 4.31 Å². The van der Waals surface area contributed by atoms with E-state index in [1.54, 1.807) is 0 Å². The lowest BCUT2D eigenvalue weighted by Gasteiger charge is -2.34. The van der Waals surface area contributed by atoms with E-state index in [4.69, 9.17) is 0 Å². The Morgan fingerprint density at radius 3 is 2.70 bits per heavy atom. The molecule has 126 valence electrons. The minimum atomic E-state index is -3.23. The van der Waals surface area contributed by atoms with E-state index in [1.165, 1.54) is 16.1 Å². The molecule has 6 heteroatoms. The number of carbonyl (C=O) groups excluding carboxylic acids is 1. The lowest BCUT2D eigenvalue weighted by molar-refractivity contribution is -0.123. The highest BCUT2D eigenvalue weighted by molar-refractivity contribution is 7.88. The van der Waals surface area contributed by atoms with E-state index in [-0.39, 0.29) is 11.8 Å². The molecule has 1 atom stereocenters. The van der Waals surface area contributed by atoms with E-state index < -0.39 is 10.0 Å². The van der Waals surface area contributed by atoms with Crippen LogP contribution >= 0.6 is 0 Å². The normalized spacial score (nSPS) is 23.2. The van der Waals surface area contributed by atoms with Crippen LogP contribution in [0.4, 0.5) is 5.69 Å². The van der Waals surface area contributed by atoms with Gasteiger partial charge >= 0.3 is 0 Å². The molecule has 0 radical (unpaired) electrons. The SMILES string of the molecule is CS(=O)(=O)N1CCC[C@@H](C(=O)N2CCCCc3ccccc32)C1. The molecule has 0 unspecified atom stereocenters. The van der Waals surface area contributed by atoms with Gasteiger partial charge in [-0.3, -0.25) is 4.79 Å². The van der Waals surface area contributed by atoms with Crippen LogP contribution in [0.15, 0.2) is 24.3 Å². The highest BCUT2D eigenvalue weighted by Gasteiger charge is 2.33. The zero-order valence-electron chi connectivity index (χ0n) is 13.6. The molecule has 2 aliphatic heterocycles. The van der Waals surface area contributed by atoms with Gasteiger partial charge in [0.15, 0.2) is 0 Å². The van der Waals surface area contributed by atoms with E-state index in [0.29, 0.717) is 13.1 Å². The molecule has 5 nitrogen and oxygen atoms in total. The zero-order chi connectivity index (χ0) is 16.4. The summed E-state index contributed by atoms with van der Waals surface area (Å²) >= 11 is 0. The Morgan fingerprint density at radius 1 is 1.13 bits per heavy atom. The average molecular weight is 336 g/mol. The van der Waals surface area contributed by atoms with Gasteiger partial charge in [0, 0.05) is 25.3 Å². The van der Waals surface area contributed by atoms with E-state index in [2.05, 4.69) is 6.07 Å². The quantitative estimate of drug-likeness (QED) is 0.830. The van der Waals surface area contributed by atoms with E-state index in [0.717, 1.165) is 44.3 Å². The molecule has 1 amide bonds. The molecule has 2 heterocycles. The average Bonchev–Trinajstić information content (AvgIpc) is 2.76. The maximum atomic E-state index is 13.0. The molecule has 0 bridgehead atoms. The maximum Gasteiger partial charge on any atom is 0.231 e. The molecule has 1 fully saturated rings. The smallest absolute Gasteiger partial charge is 0.231 e. The van der Waals surface area contributed by atoms with Crippen LogP contribution < -0.4 is 4.90 Å². The lowest BCUT2D eigenvalue weighted by atomic mass is 9.97. The van der Waals surface area contributed by atoms with Gasteiger partial charge in [0.2, 0.25) is 15.9 Å². The van der Waals surface area contributed by atoms with Gasteiger partial charge < -0.3 is 4.90 Å². The summed E-state index contributed by atoms with van der Waals surface area (Å²) in [6.07, 6.45) is 5.81. The fourth-order valence-electron chi connectivity index (χ4n) is 3.59. The predicted octanol–water partition coefficient (Wildman–Crippen LogP) is 2.03. The number of sulfonamides is 1. The number of benzene rings is 1. The lowest BCUT2D eigenvalue weighted by Crippen LogP contribution is -2.46. The summed E-state index contributed by atoms with van der Waals surface area (Å²) in [7, 11) is -3.23. The van der Waals surface area contributed by atoms with E-state index >= 15 is 0 Å². The van der Waals surface area contributed by atoms with Crippen LogP contribution in [0.5, 0.6) is 0 Å². The Morgan fingerprint density at radius 2 is 1.91 bits per heavy atom. The predicted molar refractivity (Wildman–Crippen MR) is 90.9 cm³/mol. The molecule has 1 aromatic rings. The van der Waals surface area contributed by atoms with E-state index in [9.17, 15) is 13.2 Å². The third-order valence-electron chi connectivity index (χ3n) is 4.83. The van der Waals surface area contributed by atoms with Crippen molar-refractivity contribution >= 4 is 21.6 Å². The number of aryl methyl sites for hydroxylation is 1. The molecule has 0 aliphatic carbocycles. The summed E-state index contributed by atoms with van der Waals surface area (Å²) in [4.78, 5) is 14.9. The minimum Gasteiger partial charge on any atom is -0.312 e. The number of para-hydroxylation sites is 1. The summed E-state index contributed by atoms with van der Waals surface area (Å²) < 4.78 is 25.0. The fraction of sp³-hybridized carbons (Fsp3) is 0.588. The molecule has 3 rings (SSSR count). The second-order valence-corrected chi connectivity index (χ2v) is 8.52.